The van der Waals surface area contributed by atoms with Gasteiger partial charge in [-0.15, -0.1) is 0 Å². The van der Waals surface area contributed by atoms with Crippen LogP contribution in [0.25, 0.3) is 43.1 Å². The first-order valence-electron chi connectivity index (χ1n) is 42.5. The standard InChI is InChI=1S/C47H48N4O8.C26H29NO5.C21H21N3O4/c1-4-6-8-9-10-11-12-13-14-16-26-48-40(52)28-18-22-32-38-33(23-19-29(36(28)38)41(48)53)45(57)50(44(32)56)51-46(58)34-24-20-30-37-31(21-25-35(39(34)37)47(51)59)43(55)49(42(30)54)27(3)17-15-7-5-2;1-2-3-4-5-6-7-8-9-10-11-16-27-23(28)17-12-14-19-22-20(26(31)32-25(19)30)15-13-18(21(17)22)24(27)29;1-3-4-5-6-11(2)23-18(25)12-7-9-14-17-15(21(28)24(22)20(14)27)10-8-13(16(12)17)19(23)26/h18-25,27H,4-17,26H2,1-3H3;12-15H,2-11,16H2,1H3;7-11H,3-6,22H2,1-2H3. The third-order valence-electron chi connectivity index (χ3n) is 24.6. The van der Waals surface area contributed by atoms with Crippen LogP contribution in [0.2, 0.25) is 0 Å². The minimum absolute atomic E-state index is 0.0510. The van der Waals surface area contributed by atoms with E-state index in [1.807, 2.05) is 13.8 Å². The number of carbonyl (C=O) groups excluding carboxylic acids is 16. The zero-order valence-electron chi connectivity index (χ0n) is 68.3. The van der Waals surface area contributed by atoms with Crippen molar-refractivity contribution in [2.75, 3.05) is 13.1 Å². The minimum Gasteiger partial charge on any atom is -0.386 e. The number of hydrogen-bond donors (Lipinski definition) is 1. The van der Waals surface area contributed by atoms with Crippen molar-refractivity contribution in [1.29, 1.82) is 0 Å². The van der Waals surface area contributed by atoms with Gasteiger partial charge in [0.2, 0.25) is 0 Å². The van der Waals surface area contributed by atoms with Crippen molar-refractivity contribution < 1.29 is 81.4 Å². The number of rotatable bonds is 33. The van der Waals surface area contributed by atoms with E-state index in [4.69, 9.17) is 10.6 Å². The van der Waals surface area contributed by atoms with Gasteiger partial charge in [0.1, 0.15) is 0 Å². The fraction of sp³-hybridized carbons (Fsp3) is 0.404. The fourth-order valence-electron chi connectivity index (χ4n) is 18.2. The molecule has 16 rings (SSSR count). The predicted molar refractivity (Wildman–Crippen MR) is 444 cm³/mol. The molecule has 2 N–H and O–H groups in total. The van der Waals surface area contributed by atoms with Crippen molar-refractivity contribution in [2.45, 2.75) is 233 Å². The molecule has 0 aromatic heterocycles. The van der Waals surface area contributed by atoms with Crippen molar-refractivity contribution in [2.24, 2.45) is 5.84 Å². The van der Waals surface area contributed by atoms with E-state index in [1.165, 1.54) is 176 Å². The number of carbonyl (C=O) groups is 16. The van der Waals surface area contributed by atoms with Crippen molar-refractivity contribution in [3.63, 3.8) is 0 Å². The molecule has 0 bridgehead atoms. The van der Waals surface area contributed by atoms with Crippen LogP contribution in [-0.4, -0.2) is 154 Å². The molecule has 0 aliphatic carbocycles. The number of nitrogens with zero attached hydrogens (tertiary/aromatic N) is 7. The van der Waals surface area contributed by atoms with Crippen LogP contribution in [0.3, 0.4) is 0 Å². The maximum Gasteiger partial charge on any atom is 0.346 e. The van der Waals surface area contributed by atoms with E-state index in [-0.39, 0.29) is 131 Å². The Labute approximate surface area is 688 Å². The zero-order valence-corrected chi connectivity index (χ0v) is 68.3. The van der Waals surface area contributed by atoms with Crippen molar-refractivity contribution in [3.05, 3.63) is 186 Å². The van der Waals surface area contributed by atoms with Gasteiger partial charge in [0.25, 0.3) is 82.7 Å². The number of cyclic esters (lactones) is 2. The van der Waals surface area contributed by atoms with Crippen LogP contribution in [0.15, 0.2) is 97.1 Å². The van der Waals surface area contributed by atoms with Crippen LogP contribution >= 0.6 is 0 Å². The Bertz CT molecular complexity index is 5420. The molecule has 8 aliphatic heterocycles. The molecule has 8 aromatic rings. The van der Waals surface area contributed by atoms with Crippen LogP contribution < -0.4 is 5.84 Å². The fourth-order valence-corrected chi connectivity index (χ4v) is 18.2. The summed E-state index contributed by atoms with van der Waals surface area (Å²) < 4.78 is 4.77. The van der Waals surface area contributed by atoms with E-state index in [0.717, 1.165) is 83.5 Å². The van der Waals surface area contributed by atoms with Gasteiger partial charge in [0, 0.05) is 113 Å². The van der Waals surface area contributed by atoms with Gasteiger partial charge in [-0.2, -0.15) is 10.0 Å². The molecule has 0 fully saturated rings. The Balaban J connectivity index is 0.000000162. The van der Waals surface area contributed by atoms with Crippen LogP contribution in [0.1, 0.15) is 387 Å². The molecule has 25 heteroatoms. The van der Waals surface area contributed by atoms with Gasteiger partial charge in [-0.05, 0) is 137 Å². The van der Waals surface area contributed by atoms with Gasteiger partial charge >= 0.3 is 11.9 Å². The second-order valence-electron chi connectivity index (χ2n) is 32.3. The van der Waals surface area contributed by atoms with Crippen LogP contribution in [-0.2, 0) is 4.74 Å². The Hall–Kier alpha value is -12.1. The number of esters is 2. The number of amides is 14. The summed E-state index contributed by atoms with van der Waals surface area (Å²) in [6.45, 7) is 12.9. The third-order valence-corrected chi connectivity index (χ3v) is 24.6. The van der Waals surface area contributed by atoms with Crippen molar-refractivity contribution in [1.82, 2.24) is 34.6 Å². The smallest absolute Gasteiger partial charge is 0.346 e. The Morgan fingerprint density at radius 1 is 0.235 bits per heavy atom. The van der Waals surface area contributed by atoms with Gasteiger partial charge < -0.3 is 4.74 Å². The Morgan fingerprint density at radius 2 is 0.420 bits per heavy atom. The van der Waals surface area contributed by atoms with E-state index in [9.17, 15) is 76.7 Å². The first kappa shape index (κ1) is 83.4. The molecule has 8 heterocycles. The highest BCUT2D eigenvalue weighted by Gasteiger charge is 2.50. The number of ether oxygens (including phenoxy) is 1. The summed E-state index contributed by atoms with van der Waals surface area (Å²) in [6.07, 6.45) is 30.0. The van der Waals surface area contributed by atoms with Gasteiger partial charge in [0.05, 0.1) is 44.5 Å². The lowest BCUT2D eigenvalue weighted by Gasteiger charge is -2.38. The van der Waals surface area contributed by atoms with Crippen LogP contribution in [0.5, 0.6) is 0 Å². The third kappa shape index (κ3) is 14.8. The number of imide groups is 7. The monoisotopic (exact) mass is 1610 g/mol. The largest absolute Gasteiger partial charge is 0.386 e. The van der Waals surface area contributed by atoms with E-state index in [1.54, 1.807) is 24.3 Å². The van der Waals surface area contributed by atoms with Gasteiger partial charge in [0.15, 0.2) is 0 Å². The lowest BCUT2D eigenvalue weighted by Crippen LogP contribution is -2.58. The topological polar surface area (TPSA) is 331 Å². The predicted octanol–water partition coefficient (Wildman–Crippen LogP) is 17.4. The maximum atomic E-state index is 14.4. The molecule has 119 heavy (non-hydrogen) atoms. The number of hydrogen-bond acceptors (Lipinski definition) is 18. The second-order valence-corrected chi connectivity index (χ2v) is 32.3. The van der Waals surface area contributed by atoms with Crippen LogP contribution in [0.4, 0.5) is 0 Å². The SMILES string of the molecule is CCCCCC(C)N1C(=O)c2ccc3c4c(ccc(c24)C1=O)C(=O)N(N)C3=O.CCCCCCCCCCCCN1C(=O)c2ccc3c4c(ccc(c24)C1=O)C(=O)N(N1C(=O)c2ccc4c5c(ccc(c25)C1=O)C(=O)N(C(C)CCCCC)C4=O)C3=O.CCCCCCCCCCCCN1C(=O)c2ccc3c4c(ccc(c24)C1=O)C(=O)OC3=O. The second kappa shape index (κ2) is 35.2. The molecule has 2 atom stereocenters. The van der Waals surface area contributed by atoms with Crippen molar-refractivity contribution >= 4 is 138 Å². The summed E-state index contributed by atoms with van der Waals surface area (Å²) in [7, 11) is 0. The van der Waals surface area contributed by atoms with Crippen LogP contribution in [0, 0.1) is 0 Å². The lowest BCUT2D eigenvalue weighted by molar-refractivity contribution is 0.00211. The summed E-state index contributed by atoms with van der Waals surface area (Å²) in [5.74, 6) is -4.67. The molecule has 0 saturated carbocycles. The molecule has 25 nitrogen and oxygen atoms in total. The van der Waals surface area contributed by atoms with E-state index in [2.05, 4.69) is 27.7 Å². The molecule has 0 saturated heterocycles. The first-order chi connectivity index (χ1) is 57.4. The van der Waals surface area contributed by atoms with E-state index >= 15 is 0 Å². The highest BCUT2D eigenvalue weighted by Crippen LogP contribution is 2.45. The summed E-state index contributed by atoms with van der Waals surface area (Å²) in [5, 5.41) is 3.63. The summed E-state index contributed by atoms with van der Waals surface area (Å²) in [4.78, 5) is 219. The van der Waals surface area contributed by atoms with E-state index < -0.39 is 71.0 Å². The molecular formula is C94H98N8O17. The highest BCUT2D eigenvalue weighted by molar-refractivity contribution is 6.39. The van der Waals surface area contributed by atoms with Crippen molar-refractivity contribution in [3.8, 4) is 0 Å². The maximum absolute atomic E-state index is 14.4. The molecule has 8 aliphatic rings. The summed E-state index contributed by atoms with van der Waals surface area (Å²) >= 11 is 0. The molecule has 2 unspecified atom stereocenters. The van der Waals surface area contributed by atoms with E-state index in [0.29, 0.717) is 78.2 Å². The summed E-state index contributed by atoms with van der Waals surface area (Å²) in [6, 6.07) is 23.0. The average molecular weight is 1610 g/mol. The average Bonchev–Trinajstić information content (AvgIpc) is 0.706. The quantitative estimate of drug-likeness (QED) is 0.00997. The number of hydrazine groups is 2. The zero-order chi connectivity index (χ0) is 84.5. The van der Waals surface area contributed by atoms with Gasteiger partial charge in [-0.3, -0.25) is 86.7 Å². The molecule has 0 radical (unpaired) electrons. The first-order valence-corrected chi connectivity index (χ1v) is 42.5. The Kier molecular flexibility index (Phi) is 24.7. The number of unbranched alkanes of at least 4 members (excludes halogenated alkanes) is 22. The highest BCUT2D eigenvalue weighted by atomic mass is 16.6. The summed E-state index contributed by atoms with van der Waals surface area (Å²) in [5.41, 5.74) is 2.80. The van der Waals surface area contributed by atoms with Gasteiger partial charge in [-0.25, -0.2) is 20.4 Å². The molecule has 8 aromatic carbocycles. The normalized spacial score (nSPS) is 16.2. The molecule has 14 amide bonds. The molecule has 616 valence electrons. The number of benzene rings is 8. The van der Waals surface area contributed by atoms with Gasteiger partial charge in [-0.1, -0.05) is 182 Å². The molecule has 0 spiro atoms. The Morgan fingerprint density at radius 3 is 0.664 bits per heavy atom. The lowest BCUT2D eigenvalue weighted by atomic mass is 9.85. The number of nitrogens with two attached hydrogens (primary N) is 1. The molecular weight excluding hydrogens is 1510 g/mol. The minimum atomic E-state index is -0.981.